The third kappa shape index (κ3) is 2.72. The second-order valence-corrected chi connectivity index (χ2v) is 5.37. The minimum absolute atomic E-state index is 0.0445. The lowest BCUT2D eigenvalue weighted by atomic mass is 10.1. The Kier molecular flexibility index (Phi) is 4.02. The molecule has 98 valence electrons. The lowest BCUT2D eigenvalue weighted by Crippen LogP contribution is -2.44. The monoisotopic (exact) mass is 315 g/mol. The zero-order chi connectivity index (χ0) is 13.3. The molecule has 18 heavy (non-hydrogen) atoms. The summed E-state index contributed by atoms with van der Waals surface area (Å²) in [7, 11) is 0. The van der Waals surface area contributed by atoms with Crippen molar-refractivity contribution in [1.82, 2.24) is 4.90 Å². The Bertz CT molecular complexity index is 478. The van der Waals surface area contributed by atoms with Crippen LogP contribution in [0.2, 0.25) is 0 Å². The molecule has 5 heteroatoms. The zero-order valence-corrected chi connectivity index (χ0v) is 12.0. The number of amides is 1. The molecular formula is C13H15BrFNO2. The van der Waals surface area contributed by atoms with E-state index in [9.17, 15) is 9.18 Å². The number of hydrogen-bond acceptors (Lipinski definition) is 2. The Morgan fingerprint density at radius 1 is 1.56 bits per heavy atom. The normalized spacial score (nSPS) is 20.0. The summed E-state index contributed by atoms with van der Waals surface area (Å²) in [4.78, 5) is 14.1. The third-order valence-electron chi connectivity index (χ3n) is 3.01. The van der Waals surface area contributed by atoms with Crippen LogP contribution >= 0.6 is 15.9 Å². The molecule has 3 nitrogen and oxygen atoms in total. The van der Waals surface area contributed by atoms with Gasteiger partial charge >= 0.3 is 0 Å². The Morgan fingerprint density at radius 3 is 2.94 bits per heavy atom. The summed E-state index contributed by atoms with van der Waals surface area (Å²) in [6, 6.07) is 2.92. The fourth-order valence-corrected chi connectivity index (χ4v) is 2.48. The molecule has 0 spiro atoms. The van der Waals surface area contributed by atoms with E-state index in [0.29, 0.717) is 35.3 Å². The van der Waals surface area contributed by atoms with E-state index in [0.717, 1.165) is 0 Å². The first-order valence-corrected chi connectivity index (χ1v) is 6.65. The van der Waals surface area contributed by atoms with Gasteiger partial charge in [-0.15, -0.1) is 0 Å². The van der Waals surface area contributed by atoms with Crippen LogP contribution in [0.5, 0.6) is 0 Å². The Labute approximate surface area is 114 Å². The van der Waals surface area contributed by atoms with Crippen LogP contribution in [0.25, 0.3) is 0 Å². The number of rotatable bonds is 1. The minimum atomic E-state index is -0.311. The highest BCUT2D eigenvalue weighted by Crippen LogP contribution is 2.23. The van der Waals surface area contributed by atoms with Crippen molar-refractivity contribution in [2.75, 3.05) is 19.7 Å². The van der Waals surface area contributed by atoms with Gasteiger partial charge in [0.05, 0.1) is 18.3 Å². The van der Waals surface area contributed by atoms with Gasteiger partial charge in [-0.05, 0) is 47.5 Å². The van der Waals surface area contributed by atoms with E-state index in [1.54, 1.807) is 17.9 Å². The molecule has 1 aliphatic heterocycles. The van der Waals surface area contributed by atoms with Gasteiger partial charge in [0.25, 0.3) is 5.91 Å². The van der Waals surface area contributed by atoms with Crippen LogP contribution in [0, 0.1) is 12.7 Å². The molecular weight excluding hydrogens is 301 g/mol. The number of nitrogens with zero attached hydrogens (tertiary/aromatic N) is 1. The molecule has 1 heterocycles. The van der Waals surface area contributed by atoms with Gasteiger partial charge in [-0.3, -0.25) is 4.79 Å². The second-order valence-electron chi connectivity index (χ2n) is 4.51. The Balaban J connectivity index is 2.25. The zero-order valence-electron chi connectivity index (χ0n) is 10.4. The summed E-state index contributed by atoms with van der Waals surface area (Å²) in [5.74, 6) is -0.395. The minimum Gasteiger partial charge on any atom is -0.375 e. The van der Waals surface area contributed by atoms with Gasteiger partial charge in [-0.25, -0.2) is 4.39 Å². The van der Waals surface area contributed by atoms with Crippen LogP contribution in [0.1, 0.15) is 22.8 Å². The molecule has 0 aliphatic carbocycles. The van der Waals surface area contributed by atoms with Gasteiger partial charge in [0.2, 0.25) is 0 Å². The summed E-state index contributed by atoms with van der Waals surface area (Å²) < 4.78 is 19.2. The maximum atomic E-state index is 13.4. The second kappa shape index (κ2) is 5.36. The summed E-state index contributed by atoms with van der Waals surface area (Å²) in [5.41, 5.74) is 0.978. The molecule has 0 radical (unpaired) electrons. The van der Waals surface area contributed by atoms with E-state index in [1.165, 1.54) is 6.07 Å². The molecule has 1 aromatic carbocycles. The molecule has 1 amide bonds. The number of carbonyl (C=O) groups is 1. The van der Waals surface area contributed by atoms with Crippen molar-refractivity contribution in [2.45, 2.75) is 20.0 Å². The maximum absolute atomic E-state index is 13.4. The topological polar surface area (TPSA) is 29.5 Å². The number of hydrogen-bond donors (Lipinski definition) is 0. The lowest BCUT2D eigenvalue weighted by Gasteiger charge is -2.31. The van der Waals surface area contributed by atoms with E-state index in [1.807, 2.05) is 6.92 Å². The van der Waals surface area contributed by atoms with Gasteiger partial charge in [-0.1, -0.05) is 0 Å². The predicted octanol–water partition coefficient (Wildman–Crippen LogP) is 2.76. The Hall–Kier alpha value is -0.940. The molecule has 0 N–H and O–H groups in total. The van der Waals surface area contributed by atoms with Crippen LogP contribution in [0.15, 0.2) is 16.6 Å². The van der Waals surface area contributed by atoms with Crippen molar-refractivity contribution in [3.05, 3.63) is 33.5 Å². The summed E-state index contributed by atoms with van der Waals surface area (Å²) in [6.07, 6.45) is 0.0445. The van der Waals surface area contributed by atoms with Crippen LogP contribution in [0.4, 0.5) is 4.39 Å². The Morgan fingerprint density at radius 2 is 2.28 bits per heavy atom. The lowest BCUT2D eigenvalue weighted by molar-refractivity contribution is -0.0124. The number of benzene rings is 1. The van der Waals surface area contributed by atoms with Crippen molar-refractivity contribution >= 4 is 21.8 Å². The molecule has 2 rings (SSSR count). The molecule has 1 aliphatic rings. The van der Waals surface area contributed by atoms with Crippen LogP contribution < -0.4 is 0 Å². The van der Waals surface area contributed by atoms with Gasteiger partial charge in [0, 0.05) is 17.6 Å². The van der Waals surface area contributed by atoms with Gasteiger partial charge < -0.3 is 9.64 Å². The fourth-order valence-electron chi connectivity index (χ4n) is 1.99. The highest BCUT2D eigenvalue weighted by atomic mass is 79.9. The summed E-state index contributed by atoms with van der Waals surface area (Å²) >= 11 is 3.24. The number of morpholine rings is 1. The number of ether oxygens (including phenoxy) is 1. The first kappa shape index (κ1) is 13.5. The molecule has 0 aromatic heterocycles. The van der Waals surface area contributed by atoms with Gasteiger partial charge in [0.15, 0.2) is 0 Å². The van der Waals surface area contributed by atoms with E-state index < -0.39 is 0 Å². The van der Waals surface area contributed by atoms with Crippen molar-refractivity contribution < 1.29 is 13.9 Å². The largest absolute Gasteiger partial charge is 0.375 e. The highest BCUT2D eigenvalue weighted by Gasteiger charge is 2.24. The van der Waals surface area contributed by atoms with Crippen molar-refractivity contribution in [3.8, 4) is 0 Å². The summed E-state index contributed by atoms with van der Waals surface area (Å²) in [6.45, 7) is 5.28. The highest BCUT2D eigenvalue weighted by molar-refractivity contribution is 9.10. The quantitative estimate of drug-likeness (QED) is 0.797. The molecule has 1 fully saturated rings. The van der Waals surface area contributed by atoms with Crippen LogP contribution in [0.3, 0.4) is 0 Å². The van der Waals surface area contributed by atoms with Crippen molar-refractivity contribution in [3.63, 3.8) is 0 Å². The third-order valence-corrected chi connectivity index (χ3v) is 3.66. The number of aryl methyl sites for hydroxylation is 1. The first-order chi connectivity index (χ1) is 8.49. The standard InChI is InChI=1S/C13H15BrFNO2/c1-8-5-10(11(14)6-12(8)15)13(17)16-3-4-18-9(2)7-16/h5-6,9H,3-4,7H2,1-2H3/t9-/m0/s1. The van der Waals surface area contributed by atoms with Crippen molar-refractivity contribution in [2.24, 2.45) is 0 Å². The van der Waals surface area contributed by atoms with Crippen LogP contribution in [-0.4, -0.2) is 36.6 Å². The fraction of sp³-hybridized carbons (Fsp3) is 0.462. The van der Waals surface area contributed by atoms with E-state index in [4.69, 9.17) is 4.74 Å². The molecule has 1 aromatic rings. The smallest absolute Gasteiger partial charge is 0.255 e. The molecule has 1 atom stereocenters. The van der Waals surface area contributed by atoms with Crippen LogP contribution in [-0.2, 0) is 4.74 Å². The maximum Gasteiger partial charge on any atom is 0.255 e. The molecule has 0 unspecified atom stereocenters. The van der Waals surface area contributed by atoms with Crippen molar-refractivity contribution in [1.29, 1.82) is 0 Å². The number of halogens is 2. The SMILES string of the molecule is Cc1cc(C(=O)N2CCO[C@@H](C)C2)c(Br)cc1F. The molecule has 0 saturated carbocycles. The van der Waals surface area contributed by atoms with E-state index >= 15 is 0 Å². The van der Waals surface area contributed by atoms with Gasteiger partial charge in [-0.2, -0.15) is 0 Å². The van der Waals surface area contributed by atoms with Gasteiger partial charge in [0.1, 0.15) is 5.82 Å². The predicted molar refractivity (Wildman–Crippen MR) is 70.2 cm³/mol. The molecule has 1 saturated heterocycles. The van der Waals surface area contributed by atoms with E-state index in [-0.39, 0.29) is 17.8 Å². The average Bonchev–Trinajstić information content (AvgIpc) is 2.33. The average molecular weight is 316 g/mol. The molecule has 0 bridgehead atoms. The van der Waals surface area contributed by atoms with E-state index in [2.05, 4.69) is 15.9 Å². The number of carbonyl (C=O) groups excluding carboxylic acids is 1. The first-order valence-electron chi connectivity index (χ1n) is 5.85. The summed E-state index contributed by atoms with van der Waals surface area (Å²) in [5, 5.41) is 0.